The molecule has 0 saturated heterocycles. The summed E-state index contributed by atoms with van der Waals surface area (Å²) in [6.45, 7) is 2.57. The monoisotopic (exact) mass is 325 g/mol. The van der Waals surface area contributed by atoms with Gasteiger partial charge in [0.15, 0.2) is 0 Å². The molecule has 0 spiro atoms. The highest BCUT2D eigenvalue weighted by atomic mass is 79.9. The number of hydrogen-bond acceptors (Lipinski definition) is 5. The average molecular weight is 326 g/mol. The predicted octanol–water partition coefficient (Wildman–Crippen LogP) is 2.45. The third-order valence-electron chi connectivity index (χ3n) is 2.46. The van der Waals surface area contributed by atoms with Crippen LogP contribution in [0, 0.1) is 10.1 Å². The van der Waals surface area contributed by atoms with E-state index in [9.17, 15) is 10.1 Å². The van der Waals surface area contributed by atoms with E-state index >= 15 is 0 Å². The Morgan fingerprint density at radius 2 is 2.42 bits per heavy atom. The van der Waals surface area contributed by atoms with Gasteiger partial charge in [-0.1, -0.05) is 0 Å². The van der Waals surface area contributed by atoms with Gasteiger partial charge in [-0.2, -0.15) is 0 Å². The second-order valence-electron chi connectivity index (χ2n) is 4.08. The van der Waals surface area contributed by atoms with Crippen molar-refractivity contribution in [1.82, 2.24) is 14.5 Å². The minimum absolute atomic E-state index is 0.0124. The molecule has 0 fully saturated rings. The summed E-state index contributed by atoms with van der Waals surface area (Å²) < 4.78 is 2.47. The van der Waals surface area contributed by atoms with E-state index in [1.54, 1.807) is 12.5 Å². The lowest BCUT2D eigenvalue weighted by molar-refractivity contribution is -0.384. The Kier molecular flexibility index (Phi) is 4.10. The molecule has 0 aliphatic rings. The van der Waals surface area contributed by atoms with Crippen molar-refractivity contribution in [3.8, 4) is 0 Å². The second kappa shape index (κ2) is 5.79. The molecule has 2 heterocycles. The molecular weight excluding hydrogens is 314 g/mol. The number of rotatable bonds is 5. The third kappa shape index (κ3) is 3.50. The minimum atomic E-state index is -0.454. The summed E-state index contributed by atoms with van der Waals surface area (Å²) in [7, 11) is 0. The highest BCUT2D eigenvalue weighted by Gasteiger charge is 2.17. The van der Waals surface area contributed by atoms with Crippen molar-refractivity contribution in [3.05, 3.63) is 45.6 Å². The Morgan fingerprint density at radius 1 is 1.63 bits per heavy atom. The molecule has 0 aromatic carbocycles. The number of nitrogens with one attached hydrogen (secondary N) is 1. The highest BCUT2D eigenvalue weighted by molar-refractivity contribution is 9.10. The number of aromatic nitrogens is 3. The van der Waals surface area contributed by atoms with Crippen LogP contribution in [0.1, 0.15) is 6.92 Å². The van der Waals surface area contributed by atoms with Crippen molar-refractivity contribution in [3.63, 3.8) is 0 Å². The Labute approximate surface area is 118 Å². The predicted molar refractivity (Wildman–Crippen MR) is 73.9 cm³/mol. The molecule has 1 N–H and O–H groups in total. The first-order chi connectivity index (χ1) is 9.06. The standard InChI is InChI=1S/C11H12BrN5O2/c1-8(6-16-3-2-13-7-16)15-11-10(17(18)19)4-9(12)5-14-11/h2-5,7-8H,6H2,1H3,(H,14,15). The first-order valence-corrected chi connectivity index (χ1v) is 6.38. The molecule has 0 amide bonds. The van der Waals surface area contributed by atoms with E-state index in [0.29, 0.717) is 11.0 Å². The molecule has 2 rings (SSSR count). The van der Waals surface area contributed by atoms with E-state index in [1.807, 2.05) is 17.7 Å². The van der Waals surface area contributed by atoms with Crippen LogP contribution in [0.15, 0.2) is 35.5 Å². The molecule has 1 unspecified atom stereocenters. The van der Waals surface area contributed by atoms with Crippen molar-refractivity contribution in [1.29, 1.82) is 0 Å². The van der Waals surface area contributed by atoms with Crippen LogP contribution < -0.4 is 5.32 Å². The van der Waals surface area contributed by atoms with Gasteiger partial charge in [0, 0.05) is 41.7 Å². The molecule has 0 saturated carbocycles. The minimum Gasteiger partial charge on any atom is -0.360 e. The molecule has 7 nitrogen and oxygen atoms in total. The van der Waals surface area contributed by atoms with Crippen LogP contribution in [0.4, 0.5) is 11.5 Å². The average Bonchev–Trinajstić information content (AvgIpc) is 2.83. The largest absolute Gasteiger partial charge is 0.360 e. The summed E-state index contributed by atoms with van der Waals surface area (Å²) in [5.41, 5.74) is -0.0492. The molecule has 19 heavy (non-hydrogen) atoms. The van der Waals surface area contributed by atoms with E-state index in [4.69, 9.17) is 0 Å². The van der Waals surface area contributed by atoms with Gasteiger partial charge in [0.1, 0.15) is 0 Å². The molecule has 0 aliphatic heterocycles. The summed E-state index contributed by atoms with van der Waals surface area (Å²) >= 11 is 3.17. The summed E-state index contributed by atoms with van der Waals surface area (Å²) in [6.07, 6.45) is 6.75. The lowest BCUT2D eigenvalue weighted by Gasteiger charge is -2.14. The maximum atomic E-state index is 11.0. The van der Waals surface area contributed by atoms with Crippen molar-refractivity contribution in [2.24, 2.45) is 0 Å². The van der Waals surface area contributed by atoms with E-state index in [0.717, 1.165) is 0 Å². The number of imidazole rings is 1. The van der Waals surface area contributed by atoms with Crippen molar-refractivity contribution < 1.29 is 4.92 Å². The number of pyridine rings is 1. The van der Waals surface area contributed by atoms with Gasteiger partial charge in [-0.25, -0.2) is 9.97 Å². The van der Waals surface area contributed by atoms with Gasteiger partial charge in [-0.15, -0.1) is 0 Å². The SMILES string of the molecule is CC(Cn1ccnc1)Nc1ncc(Br)cc1[N+](=O)[O-]. The quantitative estimate of drug-likeness (QED) is 0.674. The van der Waals surface area contributed by atoms with Gasteiger partial charge in [-0.3, -0.25) is 10.1 Å². The van der Waals surface area contributed by atoms with Crippen molar-refractivity contribution in [2.75, 3.05) is 5.32 Å². The lowest BCUT2D eigenvalue weighted by atomic mass is 10.3. The topological polar surface area (TPSA) is 85.9 Å². The molecular formula is C11H12BrN5O2. The Balaban J connectivity index is 2.12. The molecule has 2 aromatic rings. The number of hydrogen-bond donors (Lipinski definition) is 1. The van der Waals surface area contributed by atoms with Crippen LogP contribution in [0.5, 0.6) is 0 Å². The van der Waals surface area contributed by atoms with E-state index in [-0.39, 0.29) is 17.5 Å². The molecule has 100 valence electrons. The van der Waals surface area contributed by atoms with Gasteiger partial charge in [0.25, 0.3) is 0 Å². The fourth-order valence-electron chi connectivity index (χ4n) is 1.67. The van der Waals surface area contributed by atoms with Crippen LogP contribution in [-0.4, -0.2) is 25.5 Å². The zero-order valence-corrected chi connectivity index (χ0v) is 11.7. The normalized spacial score (nSPS) is 12.1. The molecule has 2 aromatic heterocycles. The van der Waals surface area contributed by atoms with Crippen LogP contribution in [0.25, 0.3) is 0 Å². The number of anilines is 1. The van der Waals surface area contributed by atoms with Gasteiger partial charge in [0.05, 0.1) is 11.3 Å². The highest BCUT2D eigenvalue weighted by Crippen LogP contribution is 2.25. The van der Waals surface area contributed by atoms with Crippen molar-refractivity contribution in [2.45, 2.75) is 19.5 Å². The molecule has 0 aliphatic carbocycles. The molecule has 8 heteroatoms. The summed E-state index contributed by atoms with van der Waals surface area (Å²) in [5.74, 6) is 0.265. The van der Waals surface area contributed by atoms with Gasteiger partial charge >= 0.3 is 5.69 Å². The Bertz CT molecular complexity index is 572. The van der Waals surface area contributed by atoms with Gasteiger partial charge in [0.2, 0.25) is 5.82 Å². The van der Waals surface area contributed by atoms with Crippen molar-refractivity contribution >= 4 is 27.4 Å². The second-order valence-corrected chi connectivity index (χ2v) is 5.00. The first-order valence-electron chi connectivity index (χ1n) is 5.58. The Morgan fingerprint density at radius 3 is 3.05 bits per heavy atom. The van der Waals surface area contributed by atoms with E-state index in [2.05, 4.69) is 31.2 Å². The lowest BCUT2D eigenvalue weighted by Crippen LogP contribution is -2.22. The zero-order chi connectivity index (χ0) is 13.8. The zero-order valence-electron chi connectivity index (χ0n) is 10.2. The maximum absolute atomic E-state index is 11.0. The third-order valence-corrected chi connectivity index (χ3v) is 2.89. The Hall–Kier alpha value is -1.96. The first kappa shape index (κ1) is 13.5. The fourth-order valence-corrected chi connectivity index (χ4v) is 1.99. The smallest absolute Gasteiger partial charge is 0.312 e. The summed E-state index contributed by atoms with van der Waals surface area (Å²) in [6, 6.07) is 1.42. The van der Waals surface area contributed by atoms with E-state index < -0.39 is 4.92 Å². The number of nitro groups is 1. The molecule has 1 atom stereocenters. The number of halogens is 1. The molecule has 0 radical (unpaired) electrons. The summed E-state index contributed by atoms with van der Waals surface area (Å²) in [4.78, 5) is 18.5. The van der Waals surface area contributed by atoms with Crippen LogP contribution in [0.2, 0.25) is 0 Å². The number of nitrogens with zero attached hydrogens (tertiary/aromatic N) is 4. The van der Waals surface area contributed by atoms with E-state index in [1.165, 1.54) is 12.3 Å². The fraction of sp³-hybridized carbons (Fsp3) is 0.273. The summed E-state index contributed by atoms with van der Waals surface area (Å²) in [5, 5.41) is 14.0. The molecule has 0 bridgehead atoms. The van der Waals surface area contributed by atoms with Crippen LogP contribution >= 0.6 is 15.9 Å². The van der Waals surface area contributed by atoms with Crippen LogP contribution in [0.3, 0.4) is 0 Å². The van der Waals surface area contributed by atoms with Gasteiger partial charge in [-0.05, 0) is 22.9 Å². The maximum Gasteiger partial charge on any atom is 0.312 e. The van der Waals surface area contributed by atoms with Crippen LogP contribution in [-0.2, 0) is 6.54 Å². The van der Waals surface area contributed by atoms with Gasteiger partial charge < -0.3 is 9.88 Å².